The van der Waals surface area contributed by atoms with Crippen LogP contribution in [0.25, 0.3) is 0 Å². The van der Waals surface area contributed by atoms with E-state index in [-0.39, 0.29) is 5.41 Å². The quantitative estimate of drug-likeness (QED) is 0.393. The van der Waals surface area contributed by atoms with Crippen LogP contribution in [0.1, 0.15) is 54.0 Å². The van der Waals surface area contributed by atoms with Gasteiger partial charge in [-0.05, 0) is 108 Å². The van der Waals surface area contributed by atoms with E-state index in [0.29, 0.717) is 23.8 Å². The minimum Gasteiger partial charge on any atom is -0.771 e. The first-order valence-electron chi connectivity index (χ1n) is 13.5. The number of anilines is 2. The zero-order valence-electron chi connectivity index (χ0n) is 21.6. The second-order valence-corrected chi connectivity index (χ2v) is 12.4. The molecule has 39 heavy (non-hydrogen) atoms. The van der Waals surface area contributed by atoms with Crippen molar-refractivity contribution in [3.63, 3.8) is 0 Å². The maximum absolute atomic E-state index is 13.1. The van der Waals surface area contributed by atoms with Crippen molar-refractivity contribution < 1.29 is 18.3 Å². The molecule has 1 N–H and O–H groups in total. The number of fused-ring (bicyclic) bond motifs is 3. The highest BCUT2D eigenvalue weighted by Gasteiger charge is 2.42. The molecule has 1 spiro atoms. The minimum atomic E-state index is -2.64. The van der Waals surface area contributed by atoms with E-state index in [9.17, 15) is 13.6 Å². The van der Waals surface area contributed by atoms with Gasteiger partial charge in [0.2, 0.25) is 5.91 Å². The number of hydrogen-bond donors (Lipinski definition) is 1. The molecule has 1 fully saturated rings. The molecule has 3 aromatic rings. The summed E-state index contributed by atoms with van der Waals surface area (Å²) in [6.45, 7) is 2.30. The lowest BCUT2D eigenvalue weighted by atomic mass is 9.70. The Kier molecular flexibility index (Phi) is 7.35. The second-order valence-electron chi connectivity index (χ2n) is 11.0. The van der Waals surface area contributed by atoms with Crippen LogP contribution < -0.4 is 15.0 Å². The van der Waals surface area contributed by atoms with Crippen molar-refractivity contribution in [1.29, 1.82) is 0 Å². The Morgan fingerprint density at radius 2 is 2.00 bits per heavy atom. The summed E-state index contributed by atoms with van der Waals surface area (Å²) in [7, 11) is 0. The topological polar surface area (TPSA) is 94.6 Å². The van der Waals surface area contributed by atoms with Crippen LogP contribution in [0.3, 0.4) is 0 Å². The van der Waals surface area contributed by atoms with Crippen LogP contribution in [0.5, 0.6) is 5.75 Å². The highest BCUT2D eigenvalue weighted by Crippen LogP contribution is 2.46. The Morgan fingerprint density at radius 3 is 2.74 bits per heavy atom. The molecule has 2 heterocycles. The van der Waals surface area contributed by atoms with Crippen LogP contribution in [0.15, 0.2) is 60.9 Å². The second kappa shape index (κ2) is 10.9. The molecule has 2 aromatic carbocycles. The molecule has 1 saturated carbocycles. The Balaban J connectivity index is 1.32. The van der Waals surface area contributed by atoms with Gasteiger partial charge in [-0.1, -0.05) is 24.1 Å². The Bertz CT molecular complexity index is 1400. The van der Waals surface area contributed by atoms with Gasteiger partial charge in [0.05, 0.1) is 12.3 Å². The number of ether oxygens (including phenoxy) is 1. The number of carbonyl (C=O) groups excluding carboxylic acids is 1. The Morgan fingerprint density at radius 1 is 1.18 bits per heavy atom. The van der Waals surface area contributed by atoms with Crippen molar-refractivity contribution >= 4 is 40.0 Å². The zero-order valence-corrected chi connectivity index (χ0v) is 23.2. The molecule has 6 rings (SSSR count). The van der Waals surface area contributed by atoms with E-state index in [0.717, 1.165) is 48.8 Å². The average Bonchev–Trinajstić information content (AvgIpc) is 3.04. The summed E-state index contributed by atoms with van der Waals surface area (Å²) in [5.41, 5.74) is 4.30. The molecule has 2 unspecified atom stereocenters. The molecule has 2 aliphatic carbocycles. The van der Waals surface area contributed by atoms with Crippen molar-refractivity contribution in [2.24, 2.45) is 5.92 Å². The molecular formula is C30H31ClN3O4S-. The minimum absolute atomic E-state index is 0.157. The number of carbonyl (C=O) groups is 1. The van der Waals surface area contributed by atoms with Crippen molar-refractivity contribution in [2.45, 2.75) is 49.2 Å². The predicted molar refractivity (Wildman–Crippen MR) is 152 cm³/mol. The van der Waals surface area contributed by atoms with Crippen molar-refractivity contribution in [3.05, 3.63) is 82.6 Å². The molecule has 9 heteroatoms. The van der Waals surface area contributed by atoms with Gasteiger partial charge >= 0.3 is 0 Å². The van der Waals surface area contributed by atoms with Crippen molar-refractivity contribution in [2.75, 3.05) is 29.9 Å². The summed E-state index contributed by atoms with van der Waals surface area (Å²) < 4.78 is 30.5. The Labute approximate surface area is 236 Å². The lowest BCUT2D eigenvalue weighted by Crippen LogP contribution is -2.47. The van der Waals surface area contributed by atoms with Crippen LogP contribution in [-0.2, 0) is 27.7 Å². The first-order valence-corrected chi connectivity index (χ1v) is 15.0. The van der Waals surface area contributed by atoms with Crippen LogP contribution in [0, 0.1) is 5.92 Å². The number of benzene rings is 2. The highest BCUT2D eigenvalue weighted by atomic mass is 35.5. The summed E-state index contributed by atoms with van der Waals surface area (Å²) in [5.74, 6) is 0.797. The van der Waals surface area contributed by atoms with E-state index in [4.69, 9.17) is 16.3 Å². The zero-order chi connectivity index (χ0) is 27.0. The lowest BCUT2D eigenvalue weighted by molar-refractivity contribution is -0.115. The third kappa shape index (κ3) is 5.30. The van der Waals surface area contributed by atoms with Gasteiger partial charge < -0.3 is 19.5 Å². The molecule has 1 aromatic heterocycles. The van der Waals surface area contributed by atoms with Gasteiger partial charge in [-0.3, -0.25) is 14.0 Å². The number of aryl methyl sites for hydroxylation is 1. The average molecular weight is 565 g/mol. The molecule has 0 saturated heterocycles. The van der Waals surface area contributed by atoms with Crippen molar-refractivity contribution in [1.82, 2.24) is 4.98 Å². The smallest absolute Gasteiger partial charge is 0.243 e. The van der Waals surface area contributed by atoms with Gasteiger partial charge in [-0.15, -0.1) is 0 Å². The Hall–Kier alpha value is -2.94. The first-order chi connectivity index (χ1) is 18.9. The van der Waals surface area contributed by atoms with E-state index in [1.807, 2.05) is 18.2 Å². The van der Waals surface area contributed by atoms with Crippen LogP contribution in [0.4, 0.5) is 11.4 Å². The van der Waals surface area contributed by atoms with Gasteiger partial charge in [0, 0.05) is 41.6 Å². The number of hydrogen-bond acceptors (Lipinski definition) is 6. The highest BCUT2D eigenvalue weighted by molar-refractivity contribution is 7.80. The summed E-state index contributed by atoms with van der Waals surface area (Å²) >= 11 is 3.72. The monoisotopic (exact) mass is 564 g/mol. The number of halogens is 1. The fourth-order valence-electron chi connectivity index (χ4n) is 6.27. The van der Waals surface area contributed by atoms with E-state index in [1.165, 1.54) is 42.8 Å². The molecule has 7 nitrogen and oxygen atoms in total. The van der Waals surface area contributed by atoms with Crippen LogP contribution in [0.2, 0.25) is 5.02 Å². The molecule has 1 aliphatic heterocycles. The molecule has 0 bridgehead atoms. The molecule has 0 radical (unpaired) electrons. The molecule has 1 amide bonds. The van der Waals surface area contributed by atoms with E-state index < -0.39 is 22.2 Å². The first kappa shape index (κ1) is 26.3. The summed E-state index contributed by atoms with van der Waals surface area (Å²) in [4.78, 5) is 19.5. The largest absolute Gasteiger partial charge is 0.771 e. The summed E-state index contributed by atoms with van der Waals surface area (Å²) in [6, 6.07) is 14.9. The maximum Gasteiger partial charge on any atom is 0.243 e. The lowest BCUT2D eigenvalue weighted by Gasteiger charge is -2.42. The predicted octanol–water partition coefficient (Wildman–Crippen LogP) is 5.57. The number of pyridine rings is 1. The van der Waals surface area contributed by atoms with Gasteiger partial charge in [0.15, 0.2) is 0 Å². The summed E-state index contributed by atoms with van der Waals surface area (Å²) in [5, 5.41) is 2.27. The van der Waals surface area contributed by atoms with Gasteiger partial charge in [0.25, 0.3) is 0 Å². The van der Waals surface area contributed by atoms with E-state index in [1.54, 1.807) is 18.2 Å². The van der Waals surface area contributed by atoms with Crippen LogP contribution in [-0.4, -0.2) is 39.3 Å². The maximum atomic E-state index is 13.1. The number of aromatic nitrogens is 1. The number of nitrogens with zero attached hydrogens (tertiary/aromatic N) is 2. The fourth-order valence-corrected chi connectivity index (χ4v) is 7.08. The fraction of sp³-hybridized carbons (Fsp3) is 0.400. The van der Waals surface area contributed by atoms with Gasteiger partial charge in [-0.25, -0.2) is 0 Å². The standard InChI is InChI=1S/C30H32ClN3O4S/c31-23-6-8-25-22(15-23)5-2-12-30(25)18-34(17-20-3-1-4-20)26-16-24(7-9-27(26)38-19-30)33-29(35)28(39(36)37)21-10-13-32-14-11-21/h6-11,13-16,20,28H,1-5,12,17-19H2,(H,33,35)(H,36,37)/p-1/t28?,30-/m0/s1. The van der Waals surface area contributed by atoms with Gasteiger partial charge in [0.1, 0.15) is 11.0 Å². The van der Waals surface area contributed by atoms with E-state index >= 15 is 0 Å². The third-order valence-electron chi connectivity index (χ3n) is 8.45. The normalized spacial score (nSPS) is 22.1. The SMILES string of the molecule is O=C(Nc1ccc2c(c1)N(CC1CCC1)C[C@@]1(CCCc3cc(Cl)ccc31)CO2)C(c1ccncc1)S(=O)[O-]. The van der Waals surface area contributed by atoms with E-state index in [2.05, 4.69) is 27.3 Å². The number of rotatable bonds is 6. The third-order valence-corrected chi connectivity index (χ3v) is 9.55. The van der Waals surface area contributed by atoms with Crippen LogP contribution >= 0.6 is 11.6 Å². The van der Waals surface area contributed by atoms with Crippen molar-refractivity contribution in [3.8, 4) is 5.75 Å². The molecule has 3 aliphatic rings. The van der Waals surface area contributed by atoms with Gasteiger partial charge in [-0.2, -0.15) is 0 Å². The summed E-state index contributed by atoms with van der Waals surface area (Å²) in [6.07, 6.45) is 9.77. The molecule has 204 valence electrons. The molecular weight excluding hydrogens is 534 g/mol. The number of nitrogens with one attached hydrogen (secondary N) is 1. The number of amides is 1. The molecule has 3 atom stereocenters.